The summed E-state index contributed by atoms with van der Waals surface area (Å²) in [7, 11) is 0. The van der Waals surface area contributed by atoms with E-state index in [2.05, 4.69) is 9.68 Å². The fourth-order valence-corrected chi connectivity index (χ4v) is 3.88. The molecule has 0 radical (unpaired) electrons. The first-order valence-corrected chi connectivity index (χ1v) is 16.9. The molecule has 25 heteroatoms. The maximum absolute atomic E-state index is 12.5. The molecule has 0 amide bonds. The van der Waals surface area contributed by atoms with Crippen LogP contribution in [0.5, 0.6) is 11.5 Å². The number of hydrogen-bond acceptors (Lipinski definition) is 23. The first-order chi connectivity index (χ1) is 28.2. The Kier molecular flexibility index (Phi) is 22.0. The Labute approximate surface area is 331 Å². The number of carbonyl (C=O) groups excluding carboxylic acids is 8. The molecule has 2 rings (SSSR count). The molecule has 0 aliphatic rings. The number of ether oxygens (including phenoxy) is 9. The molecule has 0 aromatic heterocycles. The van der Waals surface area contributed by atoms with Crippen LogP contribution in [0.25, 0.3) is 0 Å². The SMILES string of the molecule is O=C(COCC(=O)OCC(=O)Oc1ccccc1C(=O)OCC(=O)OCCCCO[N+](=O)[O-])OCC(=O)Oc1ccccc1C(=O)OCC(=O)OCCCCO[N+](=O)[O-]. The van der Waals surface area contributed by atoms with Gasteiger partial charge in [0.2, 0.25) is 0 Å². The van der Waals surface area contributed by atoms with Crippen molar-refractivity contribution in [2.45, 2.75) is 25.7 Å². The molecule has 0 atom stereocenters. The van der Waals surface area contributed by atoms with Gasteiger partial charge in [-0.2, -0.15) is 0 Å². The Balaban J connectivity index is 1.66. The molecule has 0 N–H and O–H groups in total. The van der Waals surface area contributed by atoms with E-state index in [0.29, 0.717) is 0 Å². The second-order valence-corrected chi connectivity index (χ2v) is 10.9. The molecule has 0 unspecified atom stereocenters. The van der Waals surface area contributed by atoms with E-state index in [9.17, 15) is 58.6 Å². The van der Waals surface area contributed by atoms with Crippen LogP contribution < -0.4 is 9.47 Å². The molecular weight excluding hydrogens is 804 g/mol. The molecule has 0 aliphatic carbocycles. The van der Waals surface area contributed by atoms with Crippen molar-refractivity contribution in [1.82, 2.24) is 0 Å². The van der Waals surface area contributed by atoms with Crippen LogP contribution in [0.2, 0.25) is 0 Å². The van der Waals surface area contributed by atoms with E-state index in [0.717, 1.165) is 0 Å². The van der Waals surface area contributed by atoms with E-state index in [-0.39, 0.29) is 74.7 Å². The zero-order valence-corrected chi connectivity index (χ0v) is 30.8. The maximum Gasteiger partial charge on any atom is 0.349 e. The van der Waals surface area contributed by atoms with Crippen molar-refractivity contribution in [3.05, 3.63) is 79.9 Å². The van der Waals surface area contributed by atoms with E-state index in [4.69, 9.17) is 42.6 Å². The average molecular weight is 841 g/mol. The van der Waals surface area contributed by atoms with Crippen LogP contribution in [-0.4, -0.2) is 124 Å². The predicted octanol–water partition coefficient (Wildman–Crippen LogP) is 0.678. The second kappa shape index (κ2) is 27.2. The Bertz CT molecular complexity index is 1670. The fourth-order valence-electron chi connectivity index (χ4n) is 3.88. The van der Waals surface area contributed by atoms with Gasteiger partial charge in [0, 0.05) is 0 Å². The zero-order valence-electron chi connectivity index (χ0n) is 30.8. The third-order valence-corrected chi connectivity index (χ3v) is 6.44. The standard InChI is InChI=1S/C34H36N2O23/c37-27(52-21-31(41)58-25-11-3-1-9-23(25)33(43)54-19-29(39)50-13-5-7-15-56-35(45)46)17-49-18-28(38)53-22-32(42)59-26-12-4-2-10-24(26)34(44)55-20-30(40)51-14-6-8-16-57-36(47)48/h1-4,9-12H,5-8,13-22H2. The molecule has 2 aromatic carbocycles. The highest BCUT2D eigenvalue weighted by Crippen LogP contribution is 2.20. The molecule has 0 saturated heterocycles. The van der Waals surface area contributed by atoms with Gasteiger partial charge in [-0.15, -0.1) is 20.2 Å². The van der Waals surface area contributed by atoms with E-state index in [1.54, 1.807) is 0 Å². The minimum atomic E-state index is -1.14. The van der Waals surface area contributed by atoms with Crippen LogP contribution in [0.1, 0.15) is 46.4 Å². The average Bonchev–Trinajstić information content (AvgIpc) is 3.20. The van der Waals surface area contributed by atoms with Gasteiger partial charge in [0.05, 0.1) is 26.4 Å². The van der Waals surface area contributed by atoms with Gasteiger partial charge in [0.15, 0.2) is 26.4 Å². The van der Waals surface area contributed by atoms with Crippen molar-refractivity contribution in [2.24, 2.45) is 0 Å². The number of rotatable bonds is 28. The monoisotopic (exact) mass is 840 g/mol. The lowest BCUT2D eigenvalue weighted by atomic mass is 10.2. The fraction of sp³-hybridized carbons (Fsp3) is 0.412. The minimum Gasteiger partial charge on any atom is -0.463 e. The molecule has 0 fully saturated rings. The van der Waals surface area contributed by atoms with Crippen LogP contribution >= 0.6 is 0 Å². The zero-order chi connectivity index (χ0) is 43.4. The molecule has 0 spiro atoms. The van der Waals surface area contributed by atoms with E-state index < -0.39 is 97.6 Å². The highest BCUT2D eigenvalue weighted by molar-refractivity contribution is 5.95. The van der Waals surface area contributed by atoms with Crippen molar-refractivity contribution in [1.29, 1.82) is 0 Å². The third-order valence-electron chi connectivity index (χ3n) is 6.44. The molecule has 25 nitrogen and oxygen atoms in total. The quantitative estimate of drug-likeness (QED) is 0.0284. The van der Waals surface area contributed by atoms with Gasteiger partial charge in [-0.05, 0) is 49.9 Å². The Morgan fingerprint density at radius 3 is 1.15 bits per heavy atom. The van der Waals surface area contributed by atoms with Crippen molar-refractivity contribution in [2.75, 3.05) is 66.1 Å². The third kappa shape index (κ3) is 21.4. The smallest absolute Gasteiger partial charge is 0.349 e. The van der Waals surface area contributed by atoms with Crippen molar-refractivity contribution >= 4 is 47.8 Å². The molecule has 0 bridgehead atoms. The van der Waals surface area contributed by atoms with Crippen LogP contribution in [0.3, 0.4) is 0 Å². The highest BCUT2D eigenvalue weighted by Gasteiger charge is 2.21. The molecule has 0 heterocycles. The summed E-state index contributed by atoms with van der Waals surface area (Å²) < 4.78 is 43.7. The summed E-state index contributed by atoms with van der Waals surface area (Å²) >= 11 is 0. The largest absolute Gasteiger partial charge is 0.463 e. The number of hydrogen-bond donors (Lipinski definition) is 0. The summed E-state index contributed by atoms with van der Waals surface area (Å²) in [4.78, 5) is 125. The number of nitrogens with zero attached hydrogens (tertiary/aromatic N) is 2. The molecule has 320 valence electrons. The number of carbonyl (C=O) groups is 8. The van der Waals surface area contributed by atoms with Gasteiger partial charge >= 0.3 is 47.8 Å². The molecular formula is C34H36N2O23. The summed E-state index contributed by atoms with van der Waals surface area (Å²) in [6.07, 6.45) is 0.969. The van der Waals surface area contributed by atoms with Gasteiger partial charge in [0.25, 0.3) is 10.2 Å². The second-order valence-electron chi connectivity index (χ2n) is 10.9. The Morgan fingerprint density at radius 2 is 0.763 bits per heavy atom. The van der Waals surface area contributed by atoms with E-state index in [1.165, 1.54) is 48.5 Å². The Hall–Kier alpha value is -7.44. The first kappa shape index (κ1) is 47.7. The highest BCUT2D eigenvalue weighted by atomic mass is 17.0. The number of unbranched alkanes of at least 4 members (excludes halogenated alkanes) is 2. The van der Waals surface area contributed by atoms with Crippen LogP contribution in [-0.2, 0) is 71.6 Å². The summed E-state index contributed by atoms with van der Waals surface area (Å²) in [5.41, 5.74) is -0.528. The summed E-state index contributed by atoms with van der Waals surface area (Å²) in [5, 5.41) is 18.3. The lowest BCUT2D eigenvalue weighted by Gasteiger charge is -2.11. The number of benzene rings is 2. The van der Waals surface area contributed by atoms with Crippen LogP contribution in [0.15, 0.2) is 48.5 Å². The van der Waals surface area contributed by atoms with Gasteiger partial charge in [-0.25, -0.2) is 38.4 Å². The molecule has 0 saturated carbocycles. The molecule has 2 aromatic rings. The topological polar surface area (TPSA) is 324 Å². The van der Waals surface area contributed by atoms with Crippen molar-refractivity contribution in [3.8, 4) is 11.5 Å². The lowest BCUT2D eigenvalue weighted by Crippen LogP contribution is -2.25. The Morgan fingerprint density at radius 1 is 0.424 bits per heavy atom. The van der Waals surface area contributed by atoms with E-state index in [1.807, 2.05) is 0 Å². The molecule has 0 aliphatic heterocycles. The van der Waals surface area contributed by atoms with Crippen molar-refractivity contribution < 1.29 is 101 Å². The van der Waals surface area contributed by atoms with Crippen LogP contribution in [0, 0.1) is 20.2 Å². The summed E-state index contributed by atoms with van der Waals surface area (Å²) in [5.74, 6) is -9.07. The number of esters is 8. The summed E-state index contributed by atoms with van der Waals surface area (Å²) in [6, 6.07) is 10.5. The van der Waals surface area contributed by atoms with Gasteiger partial charge in [-0.3, -0.25) is 0 Å². The maximum atomic E-state index is 12.5. The lowest BCUT2D eigenvalue weighted by molar-refractivity contribution is -0.757. The molecule has 59 heavy (non-hydrogen) atoms. The number of para-hydroxylation sites is 2. The van der Waals surface area contributed by atoms with Crippen LogP contribution in [0.4, 0.5) is 0 Å². The van der Waals surface area contributed by atoms with Gasteiger partial charge in [0.1, 0.15) is 35.8 Å². The minimum absolute atomic E-state index is 0.111. The predicted molar refractivity (Wildman–Crippen MR) is 184 cm³/mol. The van der Waals surface area contributed by atoms with Gasteiger partial charge in [-0.1, -0.05) is 24.3 Å². The van der Waals surface area contributed by atoms with E-state index >= 15 is 0 Å². The summed E-state index contributed by atoms with van der Waals surface area (Å²) in [6.45, 7) is -5.78. The van der Waals surface area contributed by atoms with Gasteiger partial charge < -0.3 is 52.3 Å². The first-order valence-electron chi connectivity index (χ1n) is 16.9. The van der Waals surface area contributed by atoms with Crippen molar-refractivity contribution in [3.63, 3.8) is 0 Å². The normalized spacial score (nSPS) is 10.2.